The van der Waals surface area contributed by atoms with Gasteiger partial charge in [-0.25, -0.2) is 0 Å². The maximum atomic E-state index is 11.7. The van der Waals surface area contributed by atoms with Gasteiger partial charge in [0.2, 0.25) is 0 Å². The van der Waals surface area contributed by atoms with Crippen molar-refractivity contribution in [1.82, 2.24) is 0 Å². The molecule has 2 aromatic carbocycles. The molecule has 0 bridgehead atoms. The van der Waals surface area contributed by atoms with Gasteiger partial charge in [0.15, 0.2) is 0 Å². The lowest BCUT2D eigenvalue weighted by atomic mass is 10.3. The Morgan fingerprint density at radius 1 is 0.893 bits per heavy atom. The molecule has 0 atom stereocenters. The monoisotopic (exact) mass is 442 g/mol. The quantitative estimate of drug-likeness (QED) is 0.299. The molecule has 2 aromatic rings. The van der Waals surface area contributed by atoms with Crippen LogP contribution in [0.4, 0.5) is 22.7 Å². The number of azo groups is 1. The van der Waals surface area contributed by atoms with E-state index in [1.165, 1.54) is 0 Å². The predicted octanol–water partition coefficient (Wildman–Crippen LogP) is 3.40. The van der Waals surface area contributed by atoms with Gasteiger partial charge in [-0.15, -0.1) is 5.11 Å². The van der Waals surface area contributed by atoms with E-state index in [0.29, 0.717) is 0 Å². The lowest BCUT2D eigenvalue weighted by Crippen LogP contribution is -2.07. The highest BCUT2D eigenvalue weighted by molar-refractivity contribution is 7.87. The molecular weight excluding hydrogens is 428 g/mol. The highest BCUT2D eigenvalue weighted by Gasteiger charge is 2.26. The second-order valence-electron chi connectivity index (χ2n) is 5.55. The van der Waals surface area contributed by atoms with Gasteiger partial charge in [0, 0.05) is 19.8 Å². The van der Waals surface area contributed by atoms with E-state index in [9.17, 15) is 25.9 Å². The molecule has 0 aliphatic carbocycles. The topological polar surface area (TPSA) is 149 Å². The first-order chi connectivity index (χ1) is 12.9. The maximum absolute atomic E-state index is 11.7. The summed E-state index contributed by atoms with van der Waals surface area (Å²) in [6, 6.07) is 8.19. The molecular formula is C15H14N4O6S3. The highest BCUT2D eigenvalue weighted by atomic mass is 32.2. The molecule has 10 nitrogen and oxygen atoms in total. The summed E-state index contributed by atoms with van der Waals surface area (Å²) in [5.41, 5.74) is 0.0854. The van der Waals surface area contributed by atoms with Crippen LogP contribution in [-0.2, 0) is 20.2 Å². The number of rotatable bonds is 6. The van der Waals surface area contributed by atoms with Crippen LogP contribution in [0.15, 0.2) is 61.4 Å². The summed E-state index contributed by atoms with van der Waals surface area (Å²) in [6.45, 7) is 0. The molecule has 0 amide bonds. The molecule has 2 N–H and O–H groups in total. The smallest absolute Gasteiger partial charge is 0.296 e. The third kappa shape index (κ3) is 5.25. The Hall–Kier alpha value is -2.54. The molecule has 13 heteroatoms. The second kappa shape index (κ2) is 8.22. The molecule has 28 heavy (non-hydrogen) atoms. The second-order valence-corrected chi connectivity index (χ2v) is 8.52. The fourth-order valence-corrected chi connectivity index (χ4v) is 3.60. The summed E-state index contributed by atoms with van der Waals surface area (Å²) in [7, 11) is -6.21. The normalized spacial score (nSPS) is 12.0. The standard InChI is InChI=1S/C15H14N4O6S3/c1-19(2)12-5-3-10(4-6-12)17-18-15-13(27(20,21)22)7-11(16-9-26)8-14(15)28(23,24)25/h3-8H,1-2H3,(H,20,21,22)(H,23,24,25). The van der Waals surface area contributed by atoms with Crippen LogP contribution < -0.4 is 4.90 Å². The van der Waals surface area contributed by atoms with Crippen LogP contribution in [0.25, 0.3) is 0 Å². The molecule has 0 spiro atoms. The van der Waals surface area contributed by atoms with Crippen molar-refractivity contribution in [1.29, 1.82) is 0 Å². The van der Waals surface area contributed by atoms with Crippen molar-refractivity contribution < 1.29 is 25.9 Å². The maximum Gasteiger partial charge on any atom is 0.296 e. The van der Waals surface area contributed by atoms with Crippen LogP contribution in [0.5, 0.6) is 0 Å². The van der Waals surface area contributed by atoms with Crippen molar-refractivity contribution in [3.8, 4) is 0 Å². The Bertz CT molecular complexity index is 1130. The van der Waals surface area contributed by atoms with E-state index in [1.807, 2.05) is 24.2 Å². The van der Waals surface area contributed by atoms with Crippen LogP contribution in [-0.4, -0.2) is 45.2 Å². The van der Waals surface area contributed by atoms with Gasteiger partial charge in [0.05, 0.1) is 16.5 Å². The summed E-state index contributed by atoms with van der Waals surface area (Å²) >= 11 is 4.40. The number of isothiocyanates is 1. The number of hydrogen-bond acceptors (Lipinski definition) is 9. The molecule has 0 aliphatic heterocycles. The van der Waals surface area contributed by atoms with Gasteiger partial charge in [0.1, 0.15) is 15.5 Å². The zero-order valence-corrected chi connectivity index (χ0v) is 17.0. The fourth-order valence-electron chi connectivity index (χ4n) is 2.10. The van der Waals surface area contributed by atoms with Gasteiger partial charge < -0.3 is 4.90 Å². The average molecular weight is 443 g/mol. The van der Waals surface area contributed by atoms with E-state index in [2.05, 4.69) is 27.4 Å². The first kappa shape index (κ1) is 21.8. The molecule has 0 unspecified atom stereocenters. The molecule has 0 saturated carbocycles. The minimum Gasteiger partial charge on any atom is -0.378 e. The van der Waals surface area contributed by atoms with Crippen LogP contribution >= 0.6 is 12.2 Å². The molecule has 148 valence electrons. The van der Waals surface area contributed by atoms with Gasteiger partial charge in [-0.05, 0) is 48.6 Å². The first-order valence-electron chi connectivity index (χ1n) is 7.33. The minimum absolute atomic E-state index is 0.272. The minimum atomic E-state index is -4.94. The molecule has 0 radical (unpaired) electrons. The van der Waals surface area contributed by atoms with Crippen molar-refractivity contribution in [2.45, 2.75) is 9.79 Å². The number of benzene rings is 2. The molecule has 2 rings (SSSR count). The Morgan fingerprint density at radius 3 is 1.79 bits per heavy atom. The van der Waals surface area contributed by atoms with E-state index >= 15 is 0 Å². The lowest BCUT2D eigenvalue weighted by Gasteiger charge is -2.11. The van der Waals surface area contributed by atoms with Crippen molar-refractivity contribution in [3.63, 3.8) is 0 Å². The third-order valence-electron chi connectivity index (χ3n) is 3.39. The van der Waals surface area contributed by atoms with E-state index in [4.69, 9.17) is 0 Å². The SMILES string of the molecule is CN(C)c1ccc(N=Nc2c(S(=O)(=O)O)cc(N=C=S)cc2S(=O)(=O)O)cc1. The van der Waals surface area contributed by atoms with Crippen LogP contribution in [0, 0.1) is 0 Å². The summed E-state index contributed by atoms with van der Waals surface area (Å²) in [6.07, 6.45) is 0. The van der Waals surface area contributed by atoms with Crippen molar-refractivity contribution in [2.75, 3.05) is 19.0 Å². The van der Waals surface area contributed by atoms with Crippen molar-refractivity contribution in [2.24, 2.45) is 15.2 Å². The number of aliphatic imine (C=N–C) groups is 1. The summed E-state index contributed by atoms with van der Waals surface area (Å²) in [5, 5.41) is 9.35. The van der Waals surface area contributed by atoms with Gasteiger partial charge in [-0.2, -0.15) is 26.9 Å². The Morgan fingerprint density at radius 2 is 1.39 bits per heavy atom. The number of hydrogen-bond donors (Lipinski definition) is 2. The van der Waals surface area contributed by atoms with E-state index in [1.54, 1.807) is 24.3 Å². The lowest BCUT2D eigenvalue weighted by molar-refractivity contribution is 0.481. The summed E-state index contributed by atoms with van der Waals surface area (Å²) in [4.78, 5) is 3.48. The number of thiocarbonyl (C=S) groups is 1. The zero-order chi connectivity index (χ0) is 21.1. The molecule has 0 fully saturated rings. The molecule has 0 aliphatic rings. The van der Waals surface area contributed by atoms with Crippen molar-refractivity contribution >= 4 is 60.4 Å². The van der Waals surface area contributed by atoms with Crippen molar-refractivity contribution in [3.05, 3.63) is 36.4 Å². The molecule has 0 aromatic heterocycles. The fraction of sp³-hybridized carbons (Fsp3) is 0.133. The summed E-state index contributed by atoms with van der Waals surface area (Å²) in [5.74, 6) is 0. The van der Waals surface area contributed by atoms with Gasteiger partial charge in [-0.1, -0.05) is 0 Å². The predicted molar refractivity (Wildman–Crippen MR) is 106 cm³/mol. The van der Waals surface area contributed by atoms with E-state index in [-0.39, 0.29) is 11.4 Å². The Balaban J connectivity index is 2.71. The summed E-state index contributed by atoms with van der Waals surface area (Å²) < 4.78 is 65.7. The van der Waals surface area contributed by atoms with Crippen LogP contribution in [0.1, 0.15) is 0 Å². The largest absolute Gasteiger partial charge is 0.378 e. The molecule has 0 saturated heterocycles. The van der Waals surface area contributed by atoms with E-state index < -0.39 is 35.7 Å². The van der Waals surface area contributed by atoms with Gasteiger partial charge in [0.25, 0.3) is 20.2 Å². The first-order valence-corrected chi connectivity index (χ1v) is 10.6. The van der Waals surface area contributed by atoms with Crippen LogP contribution in [0.2, 0.25) is 0 Å². The third-order valence-corrected chi connectivity index (χ3v) is 5.21. The highest BCUT2D eigenvalue weighted by Crippen LogP contribution is 2.37. The number of nitrogens with zero attached hydrogens (tertiary/aromatic N) is 4. The Labute approximate surface area is 166 Å². The van der Waals surface area contributed by atoms with Crippen LogP contribution in [0.3, 0.4) is 0 Å². The van der Waals surface area contributed by atoms with Gasteiger partial charge >= 0.3 is 0 Å². The Kier molecular flexibility index (Phi) is 6.39. The molecule has 0 heterocycles. The van der Waals surface area contributed by atoms with E-state index in [0.717, 1.165) is 17.8 Å². The average Bonchev–Trinajstić information content (AvgIpc) is 2.59. The number of anilines is 1. The van der Waals surface area contributed by atoms with Gasteiger partial charge in [-0.3, -0.25) is 9.11 Å². The zero-order valence-electron chi connectivity index (χ0n) is 14.5.